The topological polar surface area (TPSA) is 18.5 Å². The summed E-state index contributed by atoms with van der Waals surface area (Å²) in [6.07, 6.45) is 4.56. The highest BCUT2D eigenvalue weighted by Crippen LogP contribution is 2.43. The molecule has 0 amide bonds. The van der Waals surface area contributed by atoms with Crippen LogP contribution in [0.3, 0.4) is 0 Å². The lowest BCUT2D eigenvalue weighted by atomic mass is 9.82. The molecule has 4 rings (SSSR count). The molecule has 4 heteroatoms. The molecule has 3 aromatic rings. The minimum atomic E-state index is -0.0131. The van der Waals surface area contributed by atoms with Crippen molar-refractivity contribution < 1.29 is 9.05 Å². The van der Waals surface area contributed by atoms with Crippen molar-refractivity contribution in [1.82, 2.24) is 0 Å². The zero-order valence-corrected chi connectivity index (χ0v) is 21.1. The lowest BCUT2D eigenvalue weighted by Crippen LogP contribution is -2.24. The van der Waals surface area contributed by atoms with Crippen LogP contribution in [0.25, 0.3) is 0 Å². The van der Waals surface area contributed by atoms with Crippen LogP contribution in [0.4, 0.5) is 0 Å². The van der Waals surface area contributed by atoms with Crippen LogP contribution in [0.5, 0.6) is 5.75 Å². The van der Waals surface area contributed by atoms with E-state index in [1.807, 2.05) is 12.1 Å². The number of benzene rings is 3. The molecular weight excluding hydrogens is 430 g/mol. The largest absolute Gasteiger partial charge is 0.472 e. The van der Waals surface area contributed by atoms with Crippen molar-refractivity contribution in [2.24, 2.45) is 0 Å². The van der Waals surface area contributed by atoms with Crippen LogP contribution in [-0.4, -0.2) is 6.10 Å². The van der Waals surface area contributed by atoms with Crippen molar-refractivity contribution in [3.8, 4) is 5.75 Å². The average molecular weight is 460 g/mol. The minimum absolute atomic E-state index is 0.0131. The fourth-order valence-electron chi connectivity index (χ4n) is 4.19. The third kappa shape index (κ3) is 5.57. The Hall–Kier alpha value is -2.24. The summed E-state index contributed by atoms with van der Waals surface area (Å²) >= 11 is 0. The van der Waals surface area contributed by atoms with Gasteiger partial charge in [0.15, 0.2) is 0 Å². The standard InChI is InChI=1S/C28H30O2P2/c1-19-15-21(3)27(29-31-23-11-7-5-8-12-23)25(17-19)26-18-20(2)16-22(4)28(26)30-32-24-13-9-6-10-14-24/h5-18,25,27,31-32H,1-4H3. The number of rotatable bonds is 7. The third-order valence-electron chi connectivity index (χ3n) is 5.60. The molecule has 4 unspecified atom stereocenters. The predicted octanol–water partition coefficient (Wildman–Crippen LogP) is 6.90. The summed E-state index contributed by atoms with van der Waals surface area (Å²) in [4.78, 5) is 0. The lowest BCUT2D eigenvalue weighted by Gasteiger charge is -2.31. The van der Waals surface area contributed by atoms with Crippen LogP contribution in [0.2, 0.25) is 0 Å². The molecule has 2 nitrogen and oxygen atoms in total. The first kappa shape index (κ1) is 22.9. The Morgan fingerprint density at radius 1 is 0.750 bits per heavy atom. The van der Waals surface area contributed by atoms with Gasteiger partial charge in [-0.25, -0.2) is 0 Å². The maximum absolute atomic E-state index is 6.56. The van der Waals surface area contributed by atoms with Crippen LogP contribution in [0.15, 0.2) is 96.1 Å². The molecule has 32 heavy (non-hydrogen) atoms. The molecule has 0 saturated carbocycles. The van der Waals surface area contributed by atoms with Crippen LogP contribution in [0.1, 0.15) is 36.5 Å². The van der Waals surface area contributed by atoms with Gasteiger partial charge >= 0.3 is 0 Å². The van der Waals surface area contributed by atoms with Gasteiger partial charge in [0.2, 0.25) is 0 Å². The maximum atomic E-state index is 6.56. The molecule has 0 spiro atoms. The van der Waals surface area contributed by atoms with Crippen LogP contribution < -0.4 is 15.1 Å². The zero-order valence-electron chi connectivity index (χ0n) is 19.1. The van der Waals surface area contributed by atoms with Gasteiger partial charge in [-0.3, -0.25) is 0 Å². The van der Waals surface area contributed by atoms with E-state index in [0.29, 0.717) is 8.81 Å². The second-order valence-corrected chi connectivity index (χ2v) is 10.4. The monoisotopic (exact) mass is 460 g/mol. The number of hydrogen-bond acceptors (Lipinski definition) is 2. The third-order valence-corrected chi connectivity index (χ3v) is 7.42. The molecule has 0 saturated heterocycles. The normalized spacial score (nSPS) is 18.9. The second-order valence-electron chi connectivity index (χ2n) is 8.40. The van der Waals surface area contributed by atoms with Gasteiger partial charge in [0, 0.05) is 25.6 Å². The van der Waals surface area contributed by atoms with Crippen molar-refractivity contribution in [1.29, 1.82) is 0 Å². The van der Waals surface area contributed by atoms with Crippen LogP contribution in [0, 0.1) is 13.8 Å². The van der Waals surface area contributed by atoms with E-state index >= 15 is 0 Å². The molecule has 0 aliphatic heterocycles. The van der Waals surface area contributed by atoms with Crippen molar-refractivity contribution in [3.63, 3.8) is 0 Å². The number of aryl methyl sites for hydroxylation is 2. The molecule has 0 aromatic heterocycles. The Labute approximate surface area is 195 Å². The summed E-state index contributed by atoms with van der Waals surface area (Å²) in [5, 5.41) is 2.41. The molecule has 1 aliphatic carbocycles. The van der Waals surface area contributed by atoms with E-state index in [0.717, 1.165) is 5.75 Å². The summed E-state index contributed by atoms with van der Waals surface area (Å²) in [7, 11) is 0.575. The van der Waals surface area contributed by atoms with Crippen molar-refractivity contribution in [2.45, 2.75) is 39.7 Å². The van der Waals surface area contributed by atoms with E-state index < -0.39 is 0 Å². The van der Waals surface area contributed by atoms with E-state index in [9.17, 15) is 0 Å². The number of hydrogen-bond donors (Lipinski definition) is 0. The molecular formula is C28H30O2P2. The molecule has 164 valence electrons. The zero-order chi connectivity index (χ0) is 22.5. The molecule has 0 N–H and O–H groups in total. The SMILES string of the molecule is CC1=CC(c2cc(C)cc(C)c2OPc2ccccc2)C(OPc2ccccc2)C(C)=C1. The van der Waals surface area contributed by atoms with E-state index in [1.54, 1.807) is 0 Å². The summed E-state index contributed by atoms with van der Waals surface area (Å²) < 4.78 is 13.0. The highest BCUT2D eigenvalue weighted by molar-refractivity contribution is 7.42. The summed E-state index contributed by atoms with van der Waals surface area (Å²) in [5.41, 5.74) is 6.15. The maximum Gasteiger partial charge on any atom is 0.130 e. The predicted molar refractivity (Wildman–Crippen MR) is 140 cm³/mol. The Morgan fingerprint density at radius 2 is 1.38 bits per heavy atom. The van der Waals surface area contributed by atoms with E-state index in [4.69, 9.17) is 9.05 Å². The summed E-state index contributed by atoms with van der Waals surface area (Å²) in [5.74, 6) is 1.10. The fourth-order valence-corrected chi connectivity index (χ4v) is 5.94. The van der Waals surface area contributed by atoms with Crippen LogP contribution >= 0.6 is 17.6 Å². The quantitative estimate of drug-likeness (QED) is 0.357. The summed E-state index contributed by atoms with van der Waals surface area (Å²) in [6, 6.07) is 25.3. The lowest BCUT2D eigenvalue weighted by molar-refractivity contribution is 0.253. The first-order chi connectivity index (χ1) is 15.5. The Kier molecular flexibility index (Phi) is 7.59. The van der Waals surface area contributed by atoms with Gasteiger partial charge in [0.25, 0.3) is 0 Å². The molecule has 0 fully saturated rings. The minimum Gasteiger partial charge on any atom is -0.472 e. The van der Waals surface area contributed by atoms with Gasteiger partial charge in [-0.05, 0) is 44.1 Å². The summed E-state index contributed by atoms with van der Waals surface area (Å²) in [6.45, 7) is 8.65. The van der Waals surface area contributed by atoms with Crippen molar-refractivity contribution in [2.75, 3.05) is 0 Å². The van der Waals surface area contributed by atoms with Crippen molar-refractivity contribution >= 4 is 28.2 Å². The van der Waals surface area contributed by atoms with Gasteiger partial charge in [-0.1, -0.05) is 96.1 Å². The van der Waals surface area contributed by atoms with Gasteiger partial charge in [0.05, 0.1) is 6.10 Å². The first-order valence-electron chi connectivity index (χ1n) is 10.9. The first-order valence-corrected chi connectivity index (χ1v) is 12.8. The molecule has 4 atom stereocenters. The van der Waals surface area contributed by atoms with E-state index in [-0.39, 0.29) is 20.8 Å². The highest BCUT2D eigenvalue weighted by Gasteiger charge is 2.30. The molecule has 0 heterocycles. The Morgan fingerprint density at radius 3 is 2.03 bits per heavy atom. The average Bonchev–Trinajstić information content (AvgIpc) is 2.78. The van der Waals surface area contributed by atoms with E-state index in [2.05, 4.69) is 101 Å². The smallest absolute Gasteiger partial charge is 0.130 e. The highest BCUT2D eigenvalue weighted by atomic mass is 31.1. The van der Waals surface area contributed by atoms with E-state index in [1.165, 1.54) is 38.4 Å². The Bertz CT molecular complexity index is 1120. The van der Waals surface area contributed by atoms with Gasteiger partial charge in [-0.2, -0.15) is 0 Å². The second kappa shape index (κ2) is 10.6. The van der Waals surface area contributed by atoms with Gasteiger partial charge < -0.3 is 9.05 Å². The molecule has 1 aliphatic rings. The van der Waals surface area contributed by atoms with Gasteiger partial charge in [0.1, 0.15) is 14.6 Å². The fraction of sp³-hybridized carbons (Fsp3) is 0.214. The number of allylic oxidation sites excluding steroid dienone is 2. The molecule has 0 radical (unpaired) electrons. The van der Waals surface area contributed by atoms with Crippen LogP contribution in [-0.2, 0) is 4.52 Å². The van der Waals surface area contributed by atoms with Crippen molar-refractivity contribution in [3.05, 3.63) is 113 Å². The Balaban J connectivity index is 1.66. The molecule has 3 aromatic carbocycles. The van der Waals surface area contributed by atoms with Gasteiger partial charge in [-0.15, -0.1) is 0 Å². The molecule has 0 bridgehead atoms.